The molecule has 11 heteroatoms. The van der Waals surface area contributed by atoms with Gasteiger partial charge in [0.25, 0.3) is 5.22 Å². The Labute approximate surface area is 163 Å². The van der Waals surface area contributed by atoms with E-state index >= 15 is 0 Å². The van der Waals surface area contributed by atoms with E-state index in [1.807, 2.05) is 0 Å². The molecule has 1 unspecified atom stereocenters. The number of aromatic nitrogens is 5. The average Bonchev–Trinajstić information content (AvgIpc) is 3.30. The number of halogens is 2. The van der Waals surface area contributed by atoms with Gasteiger partial charge in [0.15, 0.2) is 0 Å². The Morgan fingerprint density at radius 3 is 2.96 bits per heavy atom. The van der Waals surface area contributed by atoms with Crippen molar-refractivity contribution in [2.45, 2.75) is 30.5 Å². The first-order valence-electron chi connectivity index (χ1n) is 7.93. The number of hydrogen-bond acceptors (Lipinski definition) is 7. The van der Waals surface area contributed by atoms with Gasteiger partial charge in [0, 0.05) is 24.2 Å². The van der Waals surface area contributed by atoms with Crippen LogP contribution in [-0.4, -0.2) is 48.1 Å². The lowest BCUT2D eigenvalue weighted by molar-refractivity contribution is -0.129. The Balaban J connectivity index is 1.59. The Morgan fingerprint density at radius 2 is 2.26 bits per heavy atom. The highest BCUT2D eigenvalue weighted by atomic mass is 35.5. The number of hydrogen-bond donors (Lipinski definition) is 0. The molecular weight excluding hydrogens is 395 g/mol. The van der Waals surface area contributed by atoms with Gasteiger partial charge in [-0.15, -0.1) is 10.2 Å². The van der Waals surface area contributed by atoms with Gasteiger partial charge in [0.05, 0.1) is 5.25 Å². The van der Waals surface area contributed by atoms with Crippen LogP contribution < -0.4 is 0 Å². The molecule has 0 saturated carbocycles. The first kappa shape index (κ1) is 19.3. The van der Waals surface area contributed by atoms with Crippen LogP contribution in [0, 0.1) is 5.82 Å². The second-order valence-corrected chi connectivity index (χ2v) is 7.41. The zero-order valence-electron chi connectivity index (χ0n) is 14.5. The highest BCUT2D eigenvalue weighted by molar-refractivity contribution is 8.00. The fourth-order valence-electron chi connectivity index (χ4n) is 2.31. The molecule has 0 saturated heterocycles. The molecule has 2 heterocycles. The summed E-state index contributed by atoms with van der Waals surface area (Å²) in [6, 6.07) is 4.42. The lowest BCUT2D eigenvalue weighted by Gasteiger charge is -2.21. The van der Waals surface area contributed by atoms with Gasteiger partial charge >= 0.3 is 0 Å². The van der Waals surface area contributed by atoms with Crippen molar-refractivity contribution in [1.82, 2.24) is 29.9 Å². The van der Waals surface area contributed by atoms with Crippen molar-refractivity contribution in [3.8, 4) is 0 Å². The van der Waals surface area contributed by atoms with E-state index in [1.54, 1.807) is 24.7 Å². The van der Waals surface area contributed by atoms with Crippen LogP contribution in [0.4, 0.5) is 4.39 Å². The maximum absolute atomic E-state index is 13.9. The fraction of sp³-hybridized carbons (Fsp3) is 0.312. The van der Waals surface area contributed by atoms with Crippen LogP contribution in [0.25, 0.3) is 0 Å². The summed E-state index contributed by atoms with van der Waals surface area (Å²) in [6.45, 7) is 2.08. The Hall–Kier alpha value is -2.46. The Bertz CT molecular complexity index is 899. The monoisotopic (exact) mass is 410 g/mol. The predicted octanol–water partition coefficient (Wildman–Crippen LogP) is 2.64. The van der Waals surface area contributed by atoms with Crippen LogP contribution in [0.2, 0.25) is 5.02 Å². The third kappa shape index (κ3) is 4.83. The molecule has 0 radical (unpaired) electrons. The molecule has 1 amide bonds. The average molecular weight is 411 g/mol. The maximum Gasteiger partial charge on any atom is 0.277 e. The van der Waals surface area contributed by atoms with Crippen LogP contribution in [0.15, 0.2) is 40.5 Å². The second kappa shape index (κ2) is 8.49. The summed E-state index contributed by atoms with van der Waals surface area (Å²) >= 11 is 7.15. The SMILES string of the molecule is CC(Sc1nnc(Cn2cncn2)o1)C(=O)N(C)Cc1c(F)cccc1Cl. The minimum atomic E-state index is -0.500. The summed E-state index contributed by atoms with van der Waals surface area (Å²) in [7, 11) is 1.59. The summed E-state index contributed by atoms with van der Waals surface area (Å²) in [5, 5.41) is 11.8. The predicted molar refractivity (Wildman–Crippen MR) is 96.6 cm³/mol. The molecule has 0 N–H and O–H groups in total. The second-order valence-electron chi connectivity index (χ2n) is 5.71. The molecule has 0 bridgehead atoms. The quantitative estimate of drug-likeness (QED) is 0.553. The van der Waals surface area contributed by atoms with Crippen molar-refractivity contribution in [3.63, 3.8) is 0 Å². The number of rotatable bonds is 7. The van der Waals surface area contributed by atoms with E-state index in [0.717, 1.165) is 11.8 Å². The molecule has 27 heavy (non-hydrogen) atoms. The van der Waals surface area contributed by atoms with Gasteiger partial charge in [-0.05, 0) is 19.1 Å². The van der Waals surface area contributed by atoms with Crippen LogP contribution in [-0.2, 0) is 17.9 Å². The molecule has 3 rings (SSSR count). The molecule has 0 spiro atoms. The number of benzene rings is 1. The fourth-order valence-corrected chi connectivity index (χ4v) is 3.35. The normalized spacial score (nSPS) is 12.1. The van der Waals surface area contributed by atoms with Crippen LogP contribution >= 0.6 is 23.4 Å². The first-order chi connectivity index (χ1) is 12.9. The Morgan fingerprint density at radius 1 is 1.44 bits per heavy atom. The van der Waals surface area contributed by atoms with Crippen molar-refractivity contribution in [2.24, 2.45) is 0 Å². The third-order valence-corrected chi connectivity index (χ3v) is 4.95. The molecular formula is C16H16ClFN6O2S. The molecule has 3 aromatic rings. The van der Waals surface area contributed by atoms with E-state index in [2.05, 4.69) is 20.3 Å². The maximum atomic E-state index is 13.9. The number of thioether (sulfide) groups is 1. The molecule has 0 aliphatic carbocycles. The molecule has 2 aromatic heterocycles. The number of amides is 1. The molecule has 0 fully saturated rings. The van der Waals surface area contributed by atoms with Crippen molar-refractivity contribution in [2.75, 3.05) is 7.05 Å². The molecule has 0 aliphatic rings. The summed E-state index contributed by atoms with van der Waals surface area (Å²) in [5.74, 6) is -0.304. The molecule has 8 nitrogen and oxygen atoms in total. The minimum absolute atomic E-state index is 0.0661. The zero-order valence-corrected chi connectivity index (χ0v) is 16.1. The number of carbonyl (C=O) groups excluding carboxylic acids is 1. The lowest BCUT2D eigenvalue weighted by Crippen LogP contribution is -2.33. The van der Waals surface area contributed by atoms with E-state index in [1.165, 1.54) is 29.7 Å². The van der Waals surface area contributed by atoms with E-state index in [9.17, 15) is 9.18 Å². The zero-order chi connectivity index (χ0) is 19.4. The van der Waals surface area contributed by atoms with Crippen molar-refractivity contribution >= 4 is 29.3 Å². The van der Waals surface area contributed by atoms with Gasteiger partial charge in [0.2, 0.25) is 11.8 Å². The Kier molecular flexibility index (Phi) is 6.07. The standard InChI is InChI=1S/C16H16ClFN6O2S/c1-10(15(25)23(2)6-11-12(17)4-3-5-13(11)18)27-16-22-21-14(26-16)7-24-9-19-8-20-24/h3-5,8-10H,6-7H2,1-2H3. The smallest absolute Gasteiger partial charge is 0.277 e. The van der Waals surface area contributed by atoms with Gasteiger partial charge in [-0.1, -0.05) is 29.4 Å². The van der Waals surface area contributed by atoms with Crippen LogP contribution in [0.1, 0.15) is 18.4 Å². The largest absolute Gasteiger partial charge is 0.414 e. The molecule has 1 aromatic carbocycles. The minimum Gasteiger partial charge on any atom is -0.414 e. The van der Waals surface area contributed by atoms with Gasteiger partial charge in [-0.25, -0.2) is 14.1 Å². The first-order valence-corrected chi connectivity index (χ1v) is 9.19. The molecule has 0 aliphatic heterocycles. The number of carbonyl (C=O) groups is 1. The number of nitrogens with zero attached hydrogens (tertiary/aromatic N) is 6. The van der Waals surface area contributed by atoms with Gasteiger partial charge in [-0.3, -0.25) is 4.79 Å². The summed E-state index contributed by atoms with van der Waals surface area (Å²) in [5.41, 5.74) is 0.278. The van der Waals surface area contributed by atoms with Crippen molar-refractivity contribution in [1.29, 1.82) is 0 Å². The van der Waals surface area contributed by atoms with Crippen LogP contribution in [0.5, 0.6) is 0 Å². The van der Waals surface area contributed by atoms with E-state index < -0.39 is 11.1 Å². The lowest BCUT2D eigenvalue weighted by atomic mass is 10.2. The van der Waals surface area contributed by atoms with Gasteiger partial charge in [-0.2, -0.15) is 5.10 Å². The van der Waals surface area contributed by atoms with E-state index in [-0.39, 0.29) is 28.3 Å². The van der Waals surface area contributed by atoms with Crippen molar-refractivity contribution in [3.05, 3.63) is 53.1 Å². The summed E-state index contributed by atoms with van der Waals surface area (Å²) < 4.78 is 21.0. The molecule has 142 valence electrons. The topological polar surface area (TPSA) is 89.9 Å². The van der Waals surface area contributed by atoms with E-state index in [4.69, 9.17) is 16.0 Å². The van der Waals surface area contributed by atoms with Crippen LogP contribution in [0.3, 0.4) is 0 Å². The van der Waals surface area contributed by atoms with Gasteiger partial charge < -0.3 is 9.32 Å². The third-order valence-electron chi connectivity index (χ3n) is 3.67. The highest BCUT2D eigenvalue weighted by Gasteiger charge is 2.23. The summed E-state index contributed by atoms with van der Waals surface area (Å²) in [6.07, 6.45) is 2.94. The van der Waals surface area contributed by atoms with Crippen molar-refractivity contribution < 1.29 is 13.6 Å². The van der Waals surface area contributed by atoms with E-state index in [0.29, 0.717) is 12.4 Å². The molecule has 1 atom stereocenters. The highest BCUT2D eigenvalue weighted by Crippen LogP contribution is 2.25. The van der Waals surface area contributed by atoms with Gasteiger partial charge in [0.1, 0.15) is 25.0 Å². The summed E-state index contributed by atoms with van der Waals surface area (Å²) in [4.78, 5) is 17.8.